The fourth-order valence-electron chi connectivity index (χ4n) is 4.21. The van der Waals surface area contributed by atoms with Crippen molar-refractivity contribution in [2.45, 2.75) is 44.7 Å². The maximum absolute atomic E-state index is 13.9. The summed E-state index contributed by atoms with van der Waals surface area (Å²) in [5, 5.41) is 13.9. The zero-order chi connectivity index (χ0) is 28.6. The first-order chi connectivity index (χ1) is 18.6. The van der Waals surface area contributed by atoms with Crippen molar-refractivity contribution in [3.63, 3.8) is 0 Å². The number of amides is 2. The van der Waals surface area contributed by atoms with Crippen LogP contribution in [0.1, 0.15) is 31.4 Å². The van der Waals surface area contributed by atoms with Crippen LogP contribution in [0.3, 0.4) is 0 Å². The van der Waals surface area contributed by atoms with Gasteiger partial charge in [-0.25, -0.2) is 8.42 Å². The summed E-state index contributed by atoms with van der Waals surface area (Å²) in [6.07, 6.45) is 0.312. The molecule has 10 nitrogen and oxygen atoms in total. The zero-order valence-electron chi connectivity index (χ0n) is 22.1. The highest BCUT2D eigenvalue weighted by molar-refractivity contribution is 7.92. The van der Waals surface area contributed by atoms with Crippen LogP contribution in [0.5, 0.6) is 0 Å². The standard InChI is InChI=1S/C28H32N4O6S/c1-4-26(28(34)29-5-2)30(19-22-11-9-10-21(3)18-22)27(33)20-31(23-14-16-24(17-15-23)32(35)36)39(37,38)25-12-7-6-8-13-25/h6-18,26H,4-5,19-20H2,1-3H3,(H,29,34)/t26-/m1/s1. The fraction of sp³-hybridized carbons (Fsp3) is 0.286. The third kappa shape index (κ3) is 7.20. The van der Waals surface area contributed by atoms with E-state index in [2.05, 4.69) is 5.32 Å². The van der Waals surface area contributed by atoms with E-state index in [0.29, 0.717) is 13.0 Å². The van der Waals surface area contributed by atoms with Crippen LogP contribution in [0.15, 0.2) is 83.8 Å². The Morgan fingerprint density at radius 3 is 2.21 bits per heavy atom. The summed E-state index contributed by atoms with van der Waals surface area (Å²) < 4.78 is 28.4. The molecule has 0 aliphatic heterocycles. The maximum Gasteiger partial charge on any atom is 0.269 e. The molecular weight excluding hydrogens is 520 g/mol. The highest BCUT2D eigenvalue weighted by atomic mass is 32.2. The Morgan fingerprint density at radius 2 is 1.64 bits per heavy atom. The summed E-state index contributed by atoms with van der Waals surface area (Å²) >= 11 is 0. The summed E-state index contributed by atoms with van der Waals surface area (Å²) in [6.45, 7) is 5.33. The first-order valence-corrected chi connectivity index (χ1v) is 14.0. The normalized spacial score (nSPS) is 11.9. The van der Waals surface area contributed by atoms with Crippen molar-refractivity contribution in [2.75, 3.05) is 17.4 Å². The Kier molecular flexibility index (Phi) is 9.78. The van der Waals surface area contributed by atoms with Crippen molar-refractivity contribution in [2.24, 2.45) is 0 Å². The van der Waals surface area contributed by atoms with E-state index >= 15 is 0 Å². The number of aryl methyl sites for hydroxylation is 1. The number of nitro benzene ring substituents is 1. The Balaban J connectivity index is 2.07. The minimum Gasteiger partial charge on any atom is -0.355 e. The number of nitro groups is 1. The SMILES string of the molecule is CCNC(=O)[C@@H](CC)N(Cc1cccc(C)c1)C(=O)CN(c1ccc([N+](=O)[O-])cc1)S(=O)(=O)c1ccccc1. The molecule has 0 aliphatic rings. The lowest BCUT2D eigenvalue weighted by Gasteiger charge is -2.33. The molecule has 0 saturated carbocycles. The molecule has 0 aliphatic carbocycles. The average molecular weight is 553 g/mol. The van der Waals surface area contributed by atoms with Crippen molar-refractivity contribution in [1.29, 1.82) is 0 Å². The number of anilines is 1. The molecule has 0 heterocycles. The number of hydrogen-bond acceptors (Lipinski definition) is 6. The number of nitrogens with zero attached hydrogens (tertiary/aromatic N) is 3. The molecule has 11 heteroatoms. The van der Waals surface area contributed by atoms with E-state index in [9.17, 15) is 28.1 Å². The predicted octanol–water partition coefficient (Wildman–Crippen LogP) is 4.04. The molecule has 0 radical (unpaired) electrons. The smallest absolute Gasteiger partial charge is 0.269 e. The van der Waals surface area contributed by atoms with Gasteiger partial charge in [0, 0.05) is 25.2 Å². The van der Waals surface area contributed by atoms with Crippen molar-refractivity contribution in [3.05, 3.63) is 100 Å². The molecule has 1 N–H and O–H groups in total. The van der Waals surface area contributed by atoms with Gasteiger partial charge in [0.1, 0.15) is 12.6 Å². The quantitative estimate of drug-likeness (QED) is 0.267. The number of non-ortho nitro benzene ring substituents is 1. The van der Waals surface area contributed by atoms with Crippen molar-refractivity contribution in [1.82, 2.24) is 10.2 Å². The van der Waals surface area contributed by atoms with Crippen LogP contribution >= 0.6 is 0 Å². The van der Waals surface area contributed by atoms with Gasteiger partial charge in [0.25, 0.3) is 15.7 Å². The van der Waals surface area contributed by atoms with Crippen molar-refractivity contribution < 1.29 is 22.9 Å². The first kappa shape index (κ1) is 29.3. The van der Waals surface area contributed by atoms with Gasteiger partial charge in [0.2, 0.25) is 11.8 Å². The molecule has 39 heavy (non-hydrogen) atoms. The molecule has 0 saturated heterocycles. The van der Waals surface area contributed by atoms with E-state index in [-0.39, 0.29) is 28.7 Å². The van der Waals surface area contributed by atoms with E-state index in [1.54, 1.807) is 32.0 Å². The van der Waals surface area contributed by atoms with Gasteiger partial charge < -0.3 is 10.2 Å². The Hall–Kier alpha value is -4.25. The number of sulfonamides is 1. The van der Waals surface area contributed by atoms with Crippen molar-refractivity contribution >= 4 is 33.2 Å². The molecule has 0 fully saturated rings. The van der Waals surface area contributed by atoms with E-state index in [0.717, 1.165) is 15.4 Å². The zero-order valence-corrected chi connectivity index (χ0v) is 22.9. The molecule has 0 spiro atoms. The second-order valence-electron chi connectivity index (χ2n) is 8.93. The topological polar surface area (TPSA) is 130 Å². The monoisotopic (exact) mass is 552 g/mol. The third-order valence-electron chi connectivity index (χ3n) is 6.13. The molecule has 206 valence electrons. The van der Waals surface area contributed by atoms with Crippen LogP contribution < -0.4 is 9.62 Å². The van der Waals surface area contributed by atoms with Gasteiger partial charge in [-0.05, 0) is 50.1 Å². The van der Waals surface area contributed by atoms with Crippen LogP contribution in [-0.2, 0) is 26.2 Å². The van der Waals surface area contributed by atoms with Gasteiger partial charge in [0.05, 0.1) is 15.5 Å². The van der Waals surface area contributed by atoms with Gasteiger partial charge in [-0.1, -0.05) is 55.0 Å². The number of carbonyl (C=O) groups is 2. The van der Waals surface area contributed by atoms with E-state index < -0.39 is 33.4 Å². The van der Waals surface area contributed by atoms with Gasteiger partial charge in [-0.2, -0.15) is 0 Å². The molecule has 2 amide bonds. The Labute approximate surface area is 228 Å². The van der Waals surface area contributed by atoms with Gasteiger partial charge in [-0.3, -0.25) is 24.0 Å². The lowest BCUT2D eigenvalue weighted by atomic mass is 10.1. The van der Waals surface area contributed by atoms with E-state index in [1.807, 2.05) is 31.2 Å². The summed E-state index contributed by atoms with van der Waals surface area (Å²) in [4.78, 5) is 38.8. The predicted molar refractivity (Wildman–Crippen MR) is 149 cm³/mol. The van der Waals surface area contributed by atoms with E-state index in [4.69, 9.17) is 0 Å². The first-order valence-electron chi connectivity index (χ1n) is 12.5. The van der Waals surface area contributed by atoms with Crippen molar-refractivity contribution in [3.8, 4) is 0 Å². The summed E-state index contributed by atoms with van der Waals surface area (Å²) in [5.74, 6) is -0.929. The summed E-state index contributed by atoms with van der Waals surface area (Å²) in [6, 6.07) is 19.2. The van der Waals surface area contributed by atoms with Crippen LogP contribution in [0.2, 0.25) is 0 Å². The molecule has 0 aromatic heterocycles. The fourth-order valence-corrected chi connectivity index (χ4v) is 5.64. The summed E-state index contributed by atoms with van der Waals surface area (Å²) in [7, 11) is -4.24. The highest BCUT2D eigenvalue weighted by Gasteiger charge is 2.33. The lowest BCUT2D eigenvalue weighted by Crippen LogP contribution is -2.52. The lowest BCUT2D eigenvalue weighted by molar-refractivity contribution is -0.384. The van der Waals surface area contributed by atoms with Gasteiger partial charge in [0.15, 0.2) is 0 Å². The largest absolute Gasteiger partial charge is 0.355 e. The molecule has 1 atom stereocenters. The van der Waals surface area contributed by atoms with Gasteiger partial charge >= 0.3 is 0 Å². The van der Waals surface area contributed by atoms with Crippen LogP contribution in [0, 0.1) is 17.0 Å². The number of benzene rings is 3. The van der Waals surface area contributed by atoms with Crippen LogP contribution in [0.25, 0.3) is 0 Å². The Bertz CT molecular complexity index is 1410. The molecule has 0 unspecified atom stereocenters. The minimum atomic E-state index is -4.24. The number of carbonyl (C=O) groups excluding carboxylic acids is 2. The average Bonchev–Trinajstić information content (AvgIpc) is 2.92. The molecular formula is C28H32N4O6S. The number of likely N-dealkylation sites (N-methyl/N-ethyl adjacent to an activating group) is 1. The van der Waals surface area contributed by atoms with Crippen LogP contribution in [-0.4, -0.2) is 49.2 Å². The minimum absolute atomic E-state index is 0.0443. The highest BCUT2D eigenvalue weighted by Crippen LogP contribution is 2.26. The third-order valence-corrected chi connectivity index (χ3v) is 7.92. The van der Waals surface area contributed by atoms with E-state index in [1.165, 1.54) is 41.3 Å². The second kappa shape index (κ2) is 13.0. The maximum atomic E-state index is 13.9. The van der Waals surface area contributed by atoms with Crippen LogP contribution in [0.4, 0.5) is 11.4 Å². The molecule has 3 aromatic carbocycles. The second-order valence-corrected chi connectivity index (χ2v) is 10.8. The number of hydrogen-bond donors (Lipinski definition) is 1. The Morgan fingerprint density at radius 1 is 0.974 bits per heavy atom. The number of rotatable bonds is 12. The molecule has 3 rings (SSSR count). The molecule has 0 bridgehead atoms. The number of nitrogens with one attached hydrogen (secondary N) is 1. The molecule has 3 aromatic rings. The van der Waals surface area contributed by atoms with Gasteiger partial charge in [-0.15, -0.1) is 0 Å². The summed E-state index contributed by atoms with van der Waals surface area (Å²) in [5.41, 5.74) is 1.63.